The molecule has 1 amide bonds. The maximum atomic E-state index is 12.1. The highest BCUT2D eigenvalue weighted by Gasteiger charge is 2.21. The minimum Gasteiger partial charge on any atom is -0.351 e. The molecule has 0 aromatic carbocycles. The molecule has 0 bridgehead atoms. The van der Waals surface area contributed by atoms with Crippen molar-refractivity contribution in [2.45, 2.75) is 51.5 Å². The number of aromatic nitrogens is 1. The van der Waals surface area contributed by atoms with Crippen LogP contribution in [0, 0.1) is 0 Å². The second kappa shape index (κ2) is 6.70. The quantitative estimate of drug-likeness (QED) is 0.855. The lowest BCUT2D eigenvalue weighted by atomic mass is 9.99. The minimum atomic E-state index is -0.142. The van der Waals surface area contributed by atoms with Crippen molar-refractivity contribution >= 4 is 5.91 Å². The van der Waals surface area contributed by atoms with Crippen LogP contribution in [0.25, 0.3) is 0 Å². The zero-order valence-corrected chi connectivity index (χ0v) is 11.7. The van der Waals surface area contributed by atoms with Crippen LogP contribution in [0.3, 0.4) is 0 Å². The summed E-state index contributed by atoms with van der Waals surface area (Å²) >= 11 is 0. The standard InChI is InChI=1S/C14H23N3O2/c1-3-10(4-2)12-9-13(19-17-12)14(18)16-11-5-7-15-8-6-11/h9-11,15H,3-8H2,1-2H3,(H,16,18). The van der Waals surface area contributed by atoms with Gasteiger partial charge in [-0.2, -0.15) is 0 Å². The molecule has 106 valence electrons. The maximum absolute atomic E-state index is 12.1. The van der Waals surface area contributed by atoms with Gasteiger partial charge in [0.2, 0.25) is 5.76 Å². The van der Waals surface area contributed by atoms with Gasteiger partial charge in [0.15, 0.2) is 0 Å². The molecule has 2 N–H and O–H groups in total. The van der Waals surface area contributed by atoms with E-state index in [9.17, 15) is 4.79 Å². The molecule has 5 heteroatoms. The molecule has 2 heterocycles. The summed E-state index contributed by atoms with van der Waals surface area (Å²) in [5.41, 5.74) is 0.889. The summed E-state index contributed by atoms with van der Waals surface area (Å²) in [7, 11) is 0. The number of rotatable bonds is 5. The van der Waals surface area contributed by atoms with Gasteiger partial charge in [-0.1, -0.05) is 19.0 Å². The van der Waals surface area contributed by atoms with E-state index in [4.69, 9.17) is 4.52 Å². The number of carbonyl (C=O) groups is 1. The number of hydrogen-bond acceptors (Lipinski definition) is 4. The smallest absolute Gasteiger partial charge is 0.290 e. The van der Waals surface area contributed by atoms with Crippen LogP contribution in [-0.4, -0.2) is 30.2 Å². The molecule has 1 saturated heterocycles. The number of nitrogens with one attached hydrogen (secondary N) is 2. The Morgan fingerprint density at radius 3 is 2.79 bits per heavy atom. The minimum absolute atomic E-state index is 0.142. The van der Waals surface area contributed by atoms with Gasteiger partial charge in [0.25, 0.3) is 5.91 Å². The third-order valence-electron chi connectivity index (χ3n) is 3.83. The van der Waals surface area contributed by atoms with Crippen LogP contribution in [0.1, 0.15) is 61.7 Å². The van der Waals surface area contributed by atoms with Crippen LogP contribution in [0.4, 0.5) is 0 Å². The lowest BCUT2D eigenvalue weighted by Gasteiger charge is -2.22. The van der Waals surface area contributed by atoms with Crippen molar-refractivity contribution in [2.24, 2.45) is 0 Å². The first-order valence-corrected chi connectivity index (χ1v) is 7.22. The van der Waals surface area contributed by atoms with Crippen molar-refractivity contribution in [3.63, 3.8) is 0 Å². The third kappa shape index (κ3) is 3.56. The molecule has 19 heavy (non-hydrogen) atoms. The molecule has 0 saturated carbocycles. The van der Waals surface area contributed by atoms with Gasteiger partial charge in [0.1, 0.15) is 0 Å². The third-order valence-corrected chi connectivity index (χ3v) is 3.83. The van der Waals surface area contributed by atoms with Crippen molar-refractivity contribution in [2.75, 3.05) is 13.1 Å². The van der Waals surface area contributed by atoms with Gasteiger partial charge in [0, 0.05) is 18.0 Å². The first-order valence-electron chi connectivity index (χ1n) is 7.22. The van der Waals surface area contributed by atoms with Crippen LogP contribution in [0.15, 0.2) is 10.6 Å². The molecule has 0 aliphatic carbocycles. The molecule has 1 aliphatic rings. The van der Waals surface area contributed by atoms with E-state index in [1.54, 1.807) is 6.07 Å². The number of hydrogen-bond donors (Lipinski definition) is 2. The first kappa shape index (κ1) is 14.1. The Labute approximate surface area is 114 Å². The molecule has 1 aromatic heterocycles. The summed E-state index contributed by atoms with van der Waals surface area (Å²) in [6, 6.07) is 2.03. The fourth-order valence-electron chi connectivity index (χ4n) is 2.52. The molecular formula is C14H23N3O2. The summed E-state index contributed by atoms with van der Waals surface area (Å²) in [5, 5.41) is 10.3. The highest BCUT2D eigenvalue weighted by molar-refractivity contribution is 5.91. The van der Waals surface area contributed by atoms with Gasteiger partial charge < -0.3 is 15.2 Å². The second-order valence-electron chi connectivity index (χ2n) is 5.13. The lowest BCUT2D eigenvalue weighted by molar-refractivity contribution is 0.0892. The molecule has 1 fully saturated rings. The molecule has 0 spiro atoms. The highest BCUT2D eigenvalue weighted by atomic mass is 16.5. The van der Waals surface area contributed by atoms with Gasteiger partial charge >= 0.3 is 0 Å². The molecule has 2 rings (SSSR count). The number of nitrogens with zero attached hydrogens (tertiary/aromatic N) is 1. The van der Waals surface area contributed by atoms with E-state index in [0.717, 1.165) is 44.5 Å². The van der Waals surface area contributed by atoms with Crippen molar-refractivity contribution in [1.29, 1.82) is 0 Å². The summed E-state index contributed by atoms with van der Waals surface area (Å²) in [6.07, 6.45) is 3.97. The number of carbonyl (C=O) groups excluding carboxylic acids is 1. The second-order valence-corrected chi connectivity index (χ2v) is 5.13. The Morgan fingerprint density at radius 1 is 1.47 bits per heavy atom. The molecule has 0 unspecified atom stereocenters. The summed E-state index contributed by atoms with van der Waals surface area (Å²) in [4.78, 5) is 12.1. The predicted molar refractivity (Wildman–Crippen MR) is 73.2 cm³/mol. The average Bonchev–Trinajstić information content (AvgIpc) is 2.91. The zero-order valence-electron chi connectivity index (χ0n) is 11.7. The fraction of sp³-hybridized carbons (Fsp3) is 0.714. The van der Waals surface area contributed by atoms with Crippen LogP contribution < -0.4 is 10.6 Å². The predicted octanol–water partition coefficient (Wildman–Crippen LogP) is 2.06. The largest absolute Gasteiger partial charge is 0.351 e. The SMILES string of the molecule is CCC(CC)c1cc(C(=O)NC2CCNCC2)on1. The van der Waals surface area contributed by atoms with E-state index in [-0.39, 0.29) is 11.9 Å². The molecule has 0 atom stereocenters. The summed E-state index contributed by atoms with van der Waals surface area (Å²) in [5.74, 6) is 0.571. The van der Waals surface area contributed by atoms with Crippen LogP contribution >= 0.6 is 0 Å². The molecule has 5 nitrogen and oxygen atoms in total. The molecular weight excluding hydrogens is 242 g/mol. The van der Waals surface area contributed by atoms with Crippen LogP contribution in [-0.2, 0) is 0 Å². The summed E-state index contributed by atoms with van der Waals surface area (Å²) < 4.78 is 5.17. The van der Waals surface area contributed by atoms with E-state index < -0.39 is 0 Å². The Morgan fingerprint density at radius 2 is 2.16 bits per heavy atom. The van der Waals surface area contributed by atoms with E-state index in [1.807, 2.05) is 0 Å². The Balaban J connectivity index is 1.95. The summed E-state index contributed by atoms with van der Waals surface area (Å²) in [6.45, 7) is 6.16. The first-order chi connectivity index (χ1) is 9.24. The maximum Gasteiger partial charge on any atom is 0.290 e. The Hall–Kier alpha value is -1.36. The van der Waals surface area contributed by atoms with E-state index in [1.165, 1.54) is 0 Å². The van der Waals surface area contributed by atoms with Crippen LogP contribution in [0.2, 0.25) is 0 Å². The van der Waals surface area contributed by atoms with E-state index >= 15 is 0 Å². The highest BCUT2D eigenvalue weighted by Crippen LogP contribution is 2.22. The van der Waals surface area contributed by atoms with Crippen molar-refractivity contribution in [3.05, 3.63) is 17.5 Å². The lowest BCUT2D eigenvalue weighted by Crippen LogP contribution is -2.42. The average molecular weight is 265 g/mol. The van der Waals surface area contributed by atoms with Gasteiger partial charge in [-0.15, -0.1) is 0 Å². The molecule has 1 aromatic rings. The van der Waals surface area contributed by atoms with Gasteiger partial charge in [-0.05, 0) is 38.8 Å². The Kier molecular flexibility index (Phi) is 4.96. The zero-order chi connectivity index (χ0) is 13.7. The van der Waals surface area contributed by atoms with E-state index in [0.29, 0.717) is 11.7 Å². The topological polar surface area (TPSA) is 67.2 Å². The number of piperidine rings is 1. The fourth-order valence-corrected chi connectivity index (χ4v) is 2.52. The van der Waals surface area contributed by atoms with Gasteiger partial charge in [-0.3, -0.25) is 4.79 Å². The monoisotopic (exact) mass is 265 g/mol. The van der Waals surface area contributed by atoms with E-state index in [2.05, 4.69) is 29.6 Å². The number of amides is 1. The van der Waals surface area contributed by atoms with Crippen molar-refractivity contribution in [3.8, 4) is 0 Å². The van der Waals surface area contributed by atoms with Crippen molar-refractivity contribution < 1.29 is 9.32 Å². The van der Waals surface area contributed by atoms with Gasteiger partial charge in [-0.25, -0.2) is 0 Å². The molecule has 1 aliphatic heterocycles. The van der Waals surface area contributed by atoms with Gasteiger partial charge in [0.05, 0.1) is 5.69 Å². The van der Waals surface area contributed by atoms with Crippen molar-refractivity contribution in [1.82, 2.24) is 15.8 Å². The molecule has 0 radical (unpaired) electrons. The normalized spacial score (nSPS) is 16.8. The Bertz CT molecular complexity index is 407. The van der Waals surface area contributed by atoms with Crippen LogP contribution in [0.5, 0.6) is 0 Å².